The molecule has 10 heteroatoms. The normalized spacial score (nSPS) is 12.8. The molecule has 7 nitrogen and oxygen atoms in total. The fourth-order valence-corrected chi connectivity index (χ4v) is 2.12. The van der Waals surface area contributed by atoms with Crippen molar-refractivity contribution in [2.45, 2.75) is 12.3 Å². The Labute approximate surface area is 132 Å². The van der Waals surface area contributed by atoms with Crippen LogP contribution in [0.25, 0.3) is 0 Å². The second-order valence-corrected chi connectivity index (χ2v) is 4.80. The minimum absolute atomic E-state index is 0.232. The molecule has 0 aliphatic heterocycles. The molecule has 0 aromatic heterocycles. The average molecular weight is 345 g/mol. The second kappa shape index (κ2) is 5.89. The average Bonchev–Trinajstić information content (AvgIpc) is 2.49. The lowest BCUT2D eigenvalue weighted by atomic mass is 9.96. The van der Waals surface area contributed by atoms with E-state index in [1.54, 1.807) is 0 Å². The number of phenolic OH excluding ortho intramolecular Hbond substituents is 3. The van der Waals surface area contributed by atoms with E-state index in [0.29, 0.717) is 12.1 Å². The maximum Gasteiger partial charge on any atom is 0.416 e. The van der Waals surface area contributed by atoms with Gasteiger partial charge in [-0.25, -0.2) is 0 Å². The van der Waals surface area contributed by atoms with Gasteiger partial charge in [0.15, 0.2) is 11.5 Å². The molecule has 0 amide bonds. The highest BCUT2D eigenvalue weighted by Crippen LogP contribution is 2.44. The summed E-state index contributed by atoms with van der Waals surface area (Å²) in [7, 11) is 0. The largest absolute Gasteiger partial charge is 0.507 e. The number of nitrogens with zero attached hydrogens (tertiary/aromatic N) is 1. The highest BCUT2D eigenvalue weighted by Gasteiger charge is 2.35. The number of hydrogen-bond acceptors (Lipinski definition) is 6. The number of hydrogen-bond donors (Lipinski definition) is 4. The molecule has 1 unspecified atom stereocenters. The predicted octanol–water partition coefficient (Wildman–Crippen LogP) is 2.81. The second-order valence-electron chi connectivity index (χ2n) is 4.80. The van der Waals surface area contributed by atoms with Gasteiger partial charge in [0, 0.05) is 6.07 Å². The lowest BCUT2D eigenvalue weighted by Gasteiger charge is -2.16. The molecule has 0 saturated heterocycles. The lowest BCUT2D eigenvalue weighted by Crippen LogP contribution is -2.09. The highest BCUT2D eigenvalue weighted by atomic mass is 19.4. The number of aliphatic hydroxyl groups excluding tert-OH is 1. The molecule has 0 bridgehead atoms. The summed E-state index contributed by atoms with van der Waals surface area (Å²) in [4.78, 5) is 9.89. The molecule has 2 aromatic rings. The maximum atomic E-state index is 12.7. The summed E-state index contributed by atoms with van der Waals surface area (Å²) in [6, 6.07) is 3.22. The van der Waals surface area contributed by atoms with Crippen LogP contribution in [0.2, 0.25) is 0 Å². The Bertz CT molecular complexity index is 806. The van der Waals surface area contributed by atoms with Crippen LogP contribution in [0.15, 0.2) is 30.3 Å². The molecule has 0 fully saturated rings. The molecule has 0 aliphatic rings. The summed E-state index contributed by atoms with van der Waals surface area (Å²) >= 11 is 0. The number of aromatic hydroxyl groups is 3. The maximum absolute atomic E-state index is 12.7. The van der Waals surface area contributed by atoms with Crippen LogP contribution >= 0.6 is 0 Å². The first-order valence-corrected chi connectivity index (χ1v) is 6.31. The first kappa shape index (κ1) is 17.3. The van der Waals surface area contributed by atoms with Gasteiger partial charge in [-0.05, 0) is 24.3 Å². The Balaban J connectivity index is 2.64. The minimum atomic E-state index is -4.83. The SMILES string of the molecule is O=[N+]([O-])c1cc(C(F)(F)F)ccc1C(O)c1c(O)ccc(O)c1O. The third kappa shape index (κ3) is 3.04. The van der Waals surface area contributed by atoms with E-state index in [1.807, 2.05) is 0 Å². The number of nitro groups is 1. The van der Waals surface area contributed by atoms with E-state index < -0.39 is 56.8 Å². The van der Waals surface area contributed by atoms with Gasteiger partial charge in [0.25, 0.3) is 5.69 Å². The molecule has 2 aromatic carbocycles. The summed E-state index contributed by atoms with van der Waals surface area (Å²) in [5.41, 5.74) is -3.61. The van der Waals surface area contributed by atoms with Crippen molar-refractivity contribution in [3.63, 3.8) is 0 Å². The van der Waals surface area contributed by atoms with Gasteiger partial charge in [0.1, 0.15) is 11.9 Å². The number of benzene rings is 2. The molecule has 0 aliphatic carbocycles. The van der Waals surface area contributed by atoms with Crippen molar-refractivity contribution in [1.29, 1.82) is 0 Å². The Hall–Kier alpha value is -3.01. The van der Waals surface area contributed by atoms with Gasteiger partial charge in [-0.3, -0.25) is 10.1 Å². The summed E-state index contributed by atoms with van der Waals surface area (Å²) in [6.07, 6.45) is -6.87. The molecule has 0 heterocycles. The number of aliphatic hydroxyl groups is 1. The molecule has 2 rings (SSSR count). The monoisotopic (exact) mass is 345 g/mol. The molecular weight excluding hydrogens is 335 g/mol. The van der Waals surface area contributed by atoms with E-state index in [-0.39, 0.29) is 6.07 Å². The van der Waals surface area contributed by atoms with Crippen molar-refractivity contribution < 1.29 is 38.5 Å². The minimum Gasteiger partial charge on any atom is -0.507 e. The van der Waals surface area contributed by atoms with Gasteiger partial charge < -0.3 is 20.4 Å². The van der Waals surface area contributed by atoms with Crippen LogP contribution in [0.4, 0.5) is 18.9 Å². The van der Waals surface area contributed by atoms with Crippen molar-refractivity contribution in [2.24, 2.45) is 0 Å². The Morgan fingerprint density at radius 3 is 2.17 bits per heavy atom. The van der Waals surface area contributed by atoms with Crippen LogP contribution in [0.1, 0.15) is 22.8 Å². The van der Waals surface area contributed by atoms with Gasteiger partial charge in [-0.15, -0.1) is 0 Å². The van der Waals surface area contributed by atoms with Crippen LogP contribution < -0.4 is 0 Å². The van der Waals surface area contributed by atoms with Crippen LogP contribution in [-0.2, 0) is 6.18 Å². The Morgan fingerprint density at radius 2 is 1.62 bits per heavy atom. The first-order valence-electron chi connectivity index (χ1n) is 6.31. The molecule has 4 N–H and O–H groups in total. The van der Waals surface area contributed by atoms with Crippen molar-refractivity contribution >= 4 is 5.69 Å². The number of alkyl halides is 3. The van der Waals surface area contributed by atoms with Crippen molar-refractivity contribution in [3.8, 4) is 17.2 Å². The predicted molar refractivity (Wildman–Crippen MR) is 73.6 cm³/mol. The van der Waals surface area contributed by atoms with Crippen molar-refractivity contribution in [3.05, 3.63) is 57.1 Å². The van der Waals surface area contributed by atoms with E-state index in [9.17, 15) is 43.7 Å². The summed E-state index contributed by atoms with van der Waals surface area (Å²) < 4.78 is 38.0. The molecule has 128 valence electrons. The van der Waals surface area contributed by atoms with Crippen molar-refractivity contribution in [1.82, 2.24) is 0 Å². The van der Waals surface area contributed by atoms with E-state index in [1.165, 1.54) is 0 Å². The standard InChI is InChI=1S/C14H10F3NO6/c15-14(16,17)6-1-2-7(8(5-6)18(23)24)12(21)11-9(19)3-4-10(20)13(11)22/h1-5,12,19-22H. The zero-order chi connectivity index (χ0) is 18.2. The molecule has 1 atom stereocenters. The smallest absolute Gasteiger partial charge is 0.416 e. The van der Waals surface area contributed by atoms with E-state index in [2.05, 4.69) is 0 Å². The number of rotatable bonds is 3. The van der Waals surface area contributed by atoms with Crippen LogP contribution in [-0.4, -0.2) is 25.3 Å². The number of nitro benzene ring substituents is 1. The topological polar surface area (TPSA) is 124 Å². The molecular formula is C14H10F3NO6. The zero-order valence-corrected chi connectivity index (χ0v) is 11.7. The van der Waals surface area contributed by atoms with Gasteiger partial charge >= 0.3 is 6.18 Å². The van der Waals surface area contributed by atoms with Gasteiger partial charge in [0.05, 0.1) is 21.6 Å². The van der Waals surface area contributed by atoms with E-state index >= 15 is 0 Å². The third-order valence-electron chi connectivity index (χ3n) is 3.30. The summed E-state index contributed by atoms with van der Waals surface area (Å²) in [6.45, 7) is 0. The third-order valence-corrected chi connectivity index (χ3v) is 3.30. The van der Waals surface area contributed by atoms with E-state index in [4.69, 9.17) is 0 Å². The van der Waals surface area contributed by atoms with Crippen molar-refractivity contribution in [2.75, 3.05) is 0 Å². The Kier molecular flexibility index (Phi) is 4.26. The number of phenols is 3. The molecule has 24 heavy (non-hydrogen) atoms. The quantitative estimate of drug-likeness (QED) is 0.293. The van der Waals surface area contributed by atoms with Gasteiger partial charge in [-0.1, -0.05) is 0 Å². The summed E-state index contributed by atoms with van der Waals surface area (Å²) in [5.74, 6) is -2.37. The fraction of sp³-hybridized carbons (Fsp3) is 0.143. The lowest BCUT2D eigenvalue weighted by molar-refractivity contribution is -0.386. The van der Waals surface area contributed by atoms with Gasteiger partial charge in [-0.2, -0.15) is 13.2 Å². The molecule has 0 radical (unpaired) electrons. The first-order chi connectivity index (χ1) is 11.0. The van der Waals surface area contributed by atoms with Gasteiger partial charge in [0.2, 0.25) is 0 Å². The molecule has 0 spiro atoms. The van der Waals surface area contributed by atoms with Crippen LogP contribution in [0.3, 0.4) is 0 Å². The van der Waals surface area contributed by atoms with Crippen LogP contribution in [0.5, 0.6) is 17.2 Å². The highest BCUT2D eigenvalue weighted by molar-refractivity contribution is 5.58. The fourth-order valence-electron chi connectivity index (χ4n) is 2.12. The van der Waals surface area contributed by atoms with Crippen LogP contribution in [0, 0.1) is 10.1 Å². The van der Waals surface area contributed by atoms with E-state index in [0.717, 1.165) is 12.1 Å². The number of halogens is 3. The Morgan fingerprint density at radius 1 is 1.04 bits per heavy atom. The molecule has 0 saturated carbocycles. The zero-order valence-electron chi connectivity index (χ0n) is 11.7. The summed E-state index contributed by atoms with van der Waals surface area (Å²) in [5, 5.41) is 50.0.